The Morgan fingerprint density at radius 2 is 1.69 bits per heavy atom. The smallest absolute Gasteiger partial charge is 0.418 e. The van der Waals surface area contributed by atoms with E-state index >= 15 is 0 Å². The molecule has 4 amide bonds. The lowest BCUT2D eigenvalue weighted by molar-refractivity contribution is -0.385. The van der Waals surface area contributed by atoms with E-state index in [-0.39, 0.29) is 41.2 Å². The van der Waals surface area contributed by atoms with Crippen LogP contribution >= 0.6 is 0 Å². The van der Waals surface area contributed by atoms with E-state index in [2.05, 4.69) is 4.98 Å². The summed E-state index contributed by atoms with van der Waals surface area (Å²) < 4.78 is 34.6. The number of nitro groups is 1. The number of hydrogen-bond donors (Lipinski definition) is 1. The van der Waals surface area contributed by atoms with Crippen molar-refractivity contribution in [3.8, 4) is 0 Å². The number of aromatic nitrogens is 1. The number of aromatic amines is 1. The molecule has 13 nitrogen and oxygen atoms in total. The van der Waals surface area contributed by atoms with Crippen molar-refractivity contribution in [3.63, 3.8) is 0 Å². The molecule has 2 aliphatic rings. The van der Waals surface area contributed by atoms with Gasteiger partial charge in [0, 0.05) is 44.0 Å². The number of aryl methyl sites for hydroxylation is 1. The van der Waals surface area contributed by atoms with Crippen molar-refractivity contribution in [2.24, 2.45) is 0 Å². The number of carbonyl (C=O) groups is 3. The van der Waals surface area contributed by atoms with Gasteiger partial charge in [-0.15, -0.1) is 0 Å². The number of nitro benzene ring substituents is 1. The Kier molecular flexibility index (Phi) is 8.75. The lowest BCUT2D eigenvalue weighted by Crippen LogP contribution is -2.58. The van der Waals surface area contributed by atoms with Gasteiger partial charge in [-0.05, 0) is 30.7 Å². The Morgan fingerprint density at radius 1 is 1.00 bits per heavy atom. The van der Waals surface area contributed by atoms with Crippen LogP contribution in [0.4, 0.5) is 15.3 Å². The zero-order valence-corrected chi connectivity index (χ0v) is 26.9. The highest BCUT2D eigenvalue weighted by atomic mass is 32.2. The monoisotopic (exact) mass is 671 g/mol. The Morgan fingerprint density at radius 3 is 2.35 bits per heavy atom. The summed E-state index contributed by atoms with van der Waals surface area (Å²) in [5.74, 6) is -0.645. The third-order valence-corrected chi connectivity index (χ3v) is 11.1. The summed E-state index contributed by atoms with van der Waals surface area (Å²) in [6.45, 7) is 1.57. The lowest BCUT2D eigenvalue weighted by atomic mass is 10.0. The largest absolute Gasteiger partial charge is 0.443 e. The van der Waals surface area contributed by atoms with E-state index in [1.54, 1.807) is 18.2 Å². The Hall–Kier alpha value is -5.50. The third kappa shape index (κ3) is 6.01. The van der Waals surface area contributed by atoms with Gasteiger partial charge in [0.1, 0.15) is 12.1 Å². The Balaban J connectivity index is 1.49. The van der Waals surface area contributed by atoms with Crippen LogP contribution in [0.3, 0.4) is 0 Å². The fraction of sp³-hybridized carbons (Fsp3) is 0.265. The van der Waals surface area contributed by atoms with Gasteiger partial charge in [-0.3, -0.25) is 14.9 Å². The molecule has 2 heterocycles. The summed E-state index contributed by atoms with van der Waals surface area (Å²) in [4.78, 5) is 59.5. The van der Waals surface area contributed by atoms with E-state index in [9.17, 15) is 32.9 Å². The second-order valence-electron chi connectivity index (χ2n) is 11.9. The normalized spacial score (nSPS) is 20.2. The number of benzene rings is 3. The molecular formula is C34H33N5O8S. The van der Waals surface area contributed by atoms with Crippen molar-refractivity contribution < 1.29 is 32.5 Å². The van der Waals surface area contributed by atoms with Crippen LogP contribution in [-0.4, -0.2) is 81.5 Å². The molecule has 1 saturated carbocycles. The highest BCUT2D eigenvalue weighted by Gasteiger charge is 2.62. The molecule has 0 unspecified atom stereocenters. The van der Waals surface area contributed by atoms with Crippen LogP contribution in [-0.2, 0) is 27.7 Å². The molecule has 0 spiro atoms. The number of urea groups is 1. The fourth-order valence-electron chi connectivity index (χ4n) is 6.55. The quantitative estimate of drug-likeness (QED) is 0.193. The van der Waals surface area contributed by atoms with Gasteiger partial charge in [0.25, 0.3) is 11.6 Å². The second-order valence-corrected chi connectivity index (χ2v) is 14.1. The van der Waals surface area contributed by atoms with E-state index in [1.807, 2.05) is 37.3 Å². The summed E-state index contributed by atoms with van der Waals surface area (Å²) in [7, 11) is -2.72. The molecule has 1 aromatic heterocycles. The molecular weight excluding hydrogens is 638 g/mol. The number of para-hydroxylation sites is 1. The molecule has 6 rings (SSSR count). The van der Waals surface area contributed by atoms with Crippen molar-refractivity contribution >= 4 is 33.6 Å². The van der Waals surface area contributed by atoms with Gasteiger partial charge < -0.3 is 19.5 Å². The van der Waals surface area contributed by atoms with Crippen LogP contribution in [0, 0.1) is 17.0 Å². The van der Waals surface area contributed by atoms with E-state index in [1.165, 1.54) is 65.6 Å². The van der Waals surface area contributed by atoms with Gasteiger partial charge in [0.05, 0.1) is 33.2 Å². The molecule has 248 valence electrons. The average molecular weight is 672 g/mol. The lowest BCUT2D eigenvalue weighted by Gasteiger charge is -2.38. The molecule has 1 saturated heterocycles. The van der Waals surface area contributed by atoms with E-state index in [0.29, 0.717) is 0 Å². The fourth-order valence-corrected chi connectivity index (χ4v) is 8.53. The van der Waals surface area contributed by atoms with Crippen LogP contribution in [0.15, 0.2) is 102 Å². The Labute approximate surface area is 276 Å². The molecule has 4 aromatic rings. The average Bonchev–Trinajstić information content (AvgIpc) is 3.80. The van der Waals surface area contributed by atoms with Gasteiger partial charge in [-0.2, -0.15) is 0 Å². The van der Waals surface area contributed by atoms with Crippen LogP contribution < -0.4 is 0 Å². The maximum Gasteiger partial charge on any atom is 0.418 e. The van der Waals surface area contributed by atoms with Gasteiger partial charge in [0.2, 0.25) is 0 Å². The summed E-state index contributed by atoms with van der Waals surface area (Å²) in [5, 5.41) is 10.7. The number of carbonyl (C=O) groups excluding carboxylic acids is 3. The summed E-state index contributed by atoms with van der Waals surface area (Å²) in [5.41, 5.74) is 1.66. The number of sulfone groups is 1. The van der Waals surface area contributed by atoms with E-state index in [0.717, 1.165) is 16.0 Å². The molecule has 1 aliphatic heterocycles. The molecule has 4 atom stereocenters. The molecule has 2 fully saturated rings. The minimum atomic E-state index is -4.23. The molecule has 0 radical (unpaired) electrons. The van der Waals surface area contributed by atoms with Crippen molar-refractivity contribution in [1.29, 1.82) is 0 Å². The van der Waals surface area contributed by atoms with Crippen molar-refractivity contribution in [1.82, 2.24) is 19.7 Å². The van der Waals surface area contributed by atoms with E-state index in [4.69, 9.17) is 4.74 Å². The SMILES string of the molecule is Cc1ccc(S(=O)(=O)[C@H]2C[C@H]3OC(=O)N(C(=O)N(C)Cc4ccccc4)[C@H]3[C@@H]2N(Cc2ccccc2[N+](=O)[O-])C(=O)c2cc[nH]c2)cc1. The topological polar surface area (TPSA) is 163 Å². The minimum absolute atomic E-state index is 0.00629. The molecule has 14 heteroatoms. The molecule has 1 aliphatic carbocycles. The molecule has 1 N–H and O–H groups in total. The standard InChI is InChI=1S/C34H33N5O8S/c1-22-12-14-26(15-13-22)48(45,46)29-18-28-30(38(34(42)47-28)33(41)36(2)20-23-8-4-3-5-9-23)31(29)37(32(40)24-16-17-35-19-24)21-25-10-6-7-11-27(25)39(43)44/h3-17,19,28-31,35H,18,20-21H2,1-2H3/t28-,29+,30-,31-/m1/s1. The van der Waals surface area contributed by atoms with Crippen molar-refractivity contribution in [3.05, 3.63) is 130 Å². The first kappa shape index (κ1) is 32.4. The number of nitrogens with one attached hydrogen (secondary N) is 1. The first-order valence-electron chi connectivity index (χ1n) is 15.2. The summed E-state index contributed by atoms with van der Waals surface area (Å²) >= 11 is 0. The highest BCUT2D eigenvalue weighted by Crippen LogP contribution is 2.43. The van der Waals surface area contributed by atoms with E-state index < -0.39 is 56.2 Å². The number of fused-ring (bicyclic) bond motifs is 1. The number of ether oxygens (including phenoxy) is 1. The number of rotatable bonds is 9. The second kappa shape index (κ2) is 13.0. The van der Waals surface area contributed by atoms with Gasteiger partial charge in [-0.25, -0.2) is 22.9 Å². The van der Waals surface area contributed by atoms with Crippen LogP contribution in [0.2, 0.25) is 0 Å². The number of hydrogen-bond acceptors (Lipinski definition) is 8. The summed E-state index contributed by atoms with van der Waals surface area (Å²) in [6, 6.07) is 19.4. The van der Waals surface area contributed by atoms with Crippen LogP contribution in [0.1, 0.15) is 33.5 Å². The third-order valence-electron chi connectivity index (χ3n) is 8.86. The number of nitrogens with zero attached hydrogens (tertiary/aromatic N) is 4. The maximum atomic E-state index is 14.5. The zero-order valence-electron chi connectivity index (χ0n) is 26.1. The first-order chi connectivity index (χ1) is 23.0. The summed E-state index contributed by atoms with van der Waals surface area (Å²) in [6.07, 6.45) is 0.694. The van der Waals surface area contributed by atoms with Gasteiger partial charge in [0.15, 0.2) is 9.84 Å². The highest BCUT2D eigenvalue weighted by molar-refractivity contribution is 7.92. The van der Waals surface area contributed by atoms with Crippen LogP contribution in [0.5, 0.6) is 0 Å². The predicted octanol–water partition coefficient (Wildman–Crippen LogP) is 4.93. The number of amides is 4. The Bertz CT molecular complexity index is 1950. The zero-order chi connectivity index (χ0) is 34.2. The van der Waals surface area contributed by atoms with Crippen molar-refractivity contribution in [2.45, 2.75) is 54.8 Å². The maximum absolute atomic E-state index is 14.5. The van der Waals surface area contributed by atoms with Gasteiger partial charge >= 0.3 is 12.1 Å². The number of H-pyrrole nitrogens is 1. The first-order valence-corrected chi connectivity index (χ1v) is 16.8. The minimum Gasteiger partial charge on any atom is -0.443 e. The number of imide groups is 1. The molecule has 48 heavy (non-hydrogen) atoms. The van der Waals surface area contributed by atoms with Gasteiger partial charge in [-0.1, -0.05) is 66.2 Å². The predicted molar refractivity (Wildman–Crippen MR) is 174 cm³/mol. The van der Waals surface area contributed by atoms with Crippen LogP contribution in [0.25, 0.3) is 0 Å². The molecule has 3 aromatic carbocycles. The molecule has 0 bridgehead atoms. The van der Waals surface area contributed by atoms with Crippen molar-refractivity contribution in [2.75, 3.05) is 7.05 Å².